The highest BCUT2D eigenvalue weighted by Crippen LogP contribution is 2.38. The number of allylic oxidation sites excluding steroid dienone is 1. The monoisotopic (exact) mass is 569 g/mol. The molecule has 1 aliphatic rings. The van der Waals surface area contributed by atoms with Crippen molar-refractivity contribution in [1.82, 2.24) is 9.55 Å². The summed E-state index contributed by atoms with van der Waals surface area (Å²) in [7, 11) is -3.87. The van der Waals surface area contributed by atoms with Crippen LogP contribution in [0.25, 0.3) is 11.0 Å². The first-order valence-electron chi connectivity index (χ1n) is 9.02. The number of fused-ring (bicyclic) bond motifs is 1. The Bertz CT molecular complexity index is 1250. The summed E-state index contributed by atoms with van der Waals surface area (Å²) in [5.41, 5.74) is -3.10. The van der Waals surface area contributed by atoms with Gasteiger partial charge in [-0.05, 0) is 30.9 Å². The van der Waals surface area contributed by atoms with Crippen molar-refractivity contribution in [3.63, 3.8) is 0 Å². The Morgan fingerprint density at radius 2 is 1.94 bits per heavy atom. The van der Waals surface area contributed by atoms with Crippen molar-refractivity contribution in [2.75, 3.05) is 5.75 Å². The molecule has 0 bridgehead atoms. The fraction of sp³-hybridized carbons (Fsp3) is 0.368. The van der Waals surface area contributed by atoms with E-state index < -0.39 is 59.6 Å². The van der Waals surface area contributed by atoms with Crippen LogP contribution in [0.3, 0.4) is 0 Å². The summed E-state index contributed by atoms with van der Waals surface area (Å²) in [6.45, 7) is 6.26. The highest BCUT2D eigenvalue weighted by Gasteiger charge is 2.39. The van der Waals surface area contributed by atoms with E-state index in [1.54, 1.807) is 20.8 Å². The molecule has 7 nitrogen and oxygen atoms in total. The Balaban J connectivity index is 2.40. The van der Waals surface area contributed by atoms with Crippen molar-refractivity contribution in [1.29, 1.82) is 0 Å². The topological polar surface area (TPSA) is 90.6 Å². The molecule has 0 saturated heterocycles. The summed E-state index contributed by atoms with van der Waals surface area (Å²) in [6, 6.07) is 1.36. The molecule has 0 fully saturated rings. The van der Waals surface area contributed by atoms with E-state index in [0.717, 1.165) is 4.57 Å². The first-order valence-corrected chi connectivity index (χ1v) is 13.2. The Hall–Kier alpha value is -2.09. The molecule has 31 heavy (non-hydrogen) atoms. The number of aliphatic imine (C=N–C) groups is 1. The van der Waals surface area contributed by atoms with Gasteiger partial charge in [0.15, 0.2) is 9.84 Å². The standard InChI is InChI=1S/C19H19F3IN3O4S/c1-5-31(28,29)13-8-23-10-25-15(13)14-11(19(20,21)22)9-24-12-6-7-26(16(12)14)17(27)30-18(2,3)4/h6-10H,5H2,1-4H3. The third kappa shape index (κ3) is 4.73. The van der Waals surface area contributed by atoms with Crippen LogP contribution in [0.5, 0.6) is 0 Å². The largest absolute Gasteiger partial charge is 0.443 e. The molecule has 0 aromatic carbocycles. The Morgan fingerprint density at radius 3 is 2.52 bits per heavy atom. The quantitative estimate of drug-likeness (QED) is 0.503. The average molecular weight is 569 g/mol. The minimum atomic E-state index is -4.87. The summed E-state index contributed by atoms with van der Waals surface area (Å²) < 4.78 is 76.2. The maximum Gasteiger partial charge on any atom is 0.419 e. The van der Waals surface area contributed by atoms with E-state index in [2.05, 4.69) is 9.98 Å². The Morgan fingerprint density at radius 1 is 1.26 bits per heavy atom. The van der Waals surface area contributed by atoms with Crippen molar-refractivity contribution >= 4 is 57.5 Å². The number of sulfone groups is 1. The molecule has 3 heterocycles. The van der Waals surface area contributed by atoms with Gasteiger partial charge in [0.2, 0.25) is 0 Å². The molecule has 0 saturated carbocycles. The van der Waals surface area contributed by atoms with Gasteiger partial charge in [-0.25, -0.2) is 18.2 Å². The molecular formula is C19H19F3IN3O4S. The highest BCUT2D eigenvalue weighted by atomic mass is 127. The molecule has 168 valence electrons. The Labute approximate surface area is 186 Å². The van der Waals surface area contributed by atoms with Gasteiger partial charge in [-0.1, -0.05) is 27.7 Å². The molecule has 0 atom stereocenters. The number of carbonyl (C=O) groups excluding carboxylic acids is 1. The highest BCUT2D eigenvalue weighted by molar-refractivity contribution is 14.2. The Kier molecular flexibility index (Phi) is 6.17. The van der Waals surface area contributed by atoms with Gasteiger partial charge in [-0.15, -0.1) is 0 Å². The van der Waals surface area contributed by atoms with Crippen LogP contribution in [-0.4, -0.2) is 45.3 Å². The molecule has 1 aliphatic heterocycles. The van der Waals surface area contributed by atoms with Crippen LogP contribution < -0.4 is 0 Å². The predicted molar refractivity (Wildman–Crippen MR) is 121 cm³/mol. The van der Waals surface area contributed by atoms with Crippen LogP contribution in [0.2, 0.25) is 0 Å². The molecule has 0 aliphatic carbocycles. The fourth-order valence-corrected chi connectivity index (χ4v) is 6.48. The minimum Gasteiger partial charge on any atom is -0.443 e. The van der Waals surface area contributed by atoms with E-state index in [1.165, 1.54) is 27.4 Å². The van der Waals surface area contributed by atoms with Gasteiger partial charge in [0, 0.05) is 18.0 Å². The van der Waals surface area contributed by atoms with Crippen molar-refractivity contribution in [3.05, 3.63) is 38.6 Å². The van der Waals surface area contributed by atoms with Crippen LogP contribution in [0.15, 0.2) is 32.4 Å². The number of hydrogen-bond acceptors (Lipinski definition) is 6. The van der Waals surface area contributed by atoms with Crippen LogP contribution in [0.4, 0.5) is 18.0 Å². The van der Waals surface area contributed by atoms with E-state index in [0.29, 0.717) is 6.20 Å². The van der Waals surface area contributed by atoms with Gasteiger partial charge < -0.3 is 4.74 Å². The van der Waals surface area contributed by atoms with Gasteiger partial charge >= 0.3 is 12.3 Å². The van der Waals surface area contributed by atoms with Crippen LogP contribution in [-0.2, 0) is 20.8 Å². The van der Waals surface area contributed by atoms with E-state index in [4.69, 9.17) is 4.74 Å². The molecule has 0 unspecified atom stereocenters. The van der Waals surface area contributed by atoms with Crippen molar-refractivity contribution in [3.8, 4) is 0 Å². The van der Waals surface area contributed by atoms with E-state index in [1.807, 2.05) is 0 Å². The number of halogens is 4. The maximum absolute atomic E-state index is 14.0. The summed E-state index contributed by atoms with van der Waals surface area (Å²) in [4.78, 5) is 20.4. The maximum atomic E-state index is 14.0. The molecule has 0 radical (unpaired) electrons. The summed E-state index contributed by atoms with van der Waals surface area (Å²) in [6.07, 6.45) is -3.91. The van der Waals surface area contributed by atoms with Crippen molar-refractivity contribution in [2.24, 2.45) is 4.99 Å². The second-order valence-electron chi connectivity index (χ2n) is 7.52. The third-order valence-corrected chi connectivity index (χ3v) is 7.93. The summed E-state index contributed by atoms with van der Waals surface area (Å²) in [5.74, 6) is -0.301. The molecule has 0 spiro atoms. The normalized spacial score (nSPS) is 15.3. The molecular weight excluding hydrogens is 550 g/mol. The number of carbonyl (C=O) groups is 1. The second kappa shape index (κ2) is 8.11. The molecule has 12 heteroatoms. The van der Waals surface area contributed by atoms with E-state index in [9.17, 15) is 26.4 Å². The van der Waals surface area contributed by atoms with E-state index in [-0.39, 0.29) is 27.4 Å². The van der Waals surface area contributed by atoms with Gasteiger partial charge in [-0.2, -0.15) is 13.2 Å². The summed E-state index contributed by atoms with van der Waals surface area (Å²) in [5, 5.41) is 0. The first kappa shape index (κ1) is 23.6. The second-order valence-corrected chi connectivity index (χ2v) is 11.7. The van der Waals surface area contributed by atoms with E-state index >= 15 is 0 Å². The number of nitrogens with zero attached hydrogens (tertiary/aromatic N) is 3. The van der Waals surface area contributed by atoms with Gasteiger partial charge in [0.1, 0.15) is 5.60 Å². The lowest BCUT2D eigenvalue weighted by Gasteiger charge is -2.22. The lowest BCUT2D eigenvalue weighted by atomic mass is 10.0. The summed E-state index contributed by atoms with van der Waals surface area (Å²) >= 11 is -0.877. The SMILES string of the molecule is CCS(=O)(=O)C1=CI=CN=C1c1c(C(F)(F)F)cnc2ccn(C(=O)OC(C)(C)C)c12. The van der Waals surface area contributed by atoms with Crippen LogP contribution >= 0.6 is 20.7 Å². The average Bonchev–Trinajstić information content (AvgIpc) is 3.09. The fourth-order valence-electron chi connectivity index (χ4n) is 2.85. The van der Waals surface area contributed by atoms with Crippen LogP contribution in [0, 0.1) is 0 Å². The lowest BCUT2D eigenvalue weighted by molar-refractivity contribution is -0.137. The minimum absolute atomic E-state index is 0.0741. The number of rotatable bonds is 3. The van der Waals surface area contributed by atoms with Crippen LogP contribution in [0.1, 0.15) is 38.8 Å². The zero-order valence-corrected chi connectivity index (χ0v) is 20.0. The molecule has 0 N–H and O–H groups in total. The van der Waals surface area contributed by atoms with Crippen molar-refractivity contribution < 1.29 is 31.1 Å². The molecule has 0 amide bonds. The number of alkyl halides is 3. The molecule has 2 aromatic rings. The molecule has 3 rings (SSSR count). The third-order valence-electron chi connectivity index (χ3n) is 4.18. The molecule has 2 aromatic heterocycles. The number of pyridine rings is 1. The van der Waals surface area contributed by atoms with Gasteiger partial charge in [-0.3, -0.25) is 9.55 Å². The zero-order valence-electron chi connectivity index (χ0n) is 17.0. The van der Waals surface area contributed by atoms with Gasteiger partial charge in [0.25, 0.3) is 0 Å². The van der Waals surface area contributed by atoms with Crippen molar-refractivity contribution in [2.45, 2.75) is 39.5 Å². The number of ether oxygens (including phenoxy) is 1. The predicted octanol–water partition coefficient (Wildman–Crippen LogP) is 4.65. The number of hydrogen-bond donors (Lipinski definition) is 0. The van der Waals surface area contributed by atoms with Gasteiger partial charge in [0.05, 0.1) is 37.1 Å². The lowest BCUT2D eigenvalue weighted by Crippen LogP contribution is -2.28. The number of aromatic nitrogens is 2. The first-order chi connectivity index (χ1) is 14.3. The zero-order chi connectivity index (χ0) is 23.2. The smallest absolute Gasteiger partial charge is 0.419 e.